The quantitative estimate of drug-likeness (QED) is 0.745. The highest BCUT2D eigenvalue weighted by atomic mass is 32.1. The van der Waals surface area contributed by atoms with Crippen molar-refractivity contribution in [1.29, 1.82) is 0 Å². The number of ether oxygens (including phenoxy) is 2. The average Bonchev–Trinajstić information content (AvgIpc) is 3.31. The number of fused-ring (bicyclic) bond motifs is 1. The second-order valence-corrected chi connectivity index (χ2v) is 8.06. The zero-order valence-electron chi connectivity index (χ0n) is 15.4. The molecule has 7 nitrogen and oxygen atoms in total. The third kappa shape index (κ3) is 3.40. The highest BCUT2D eigenvalue weighted by Crippen LogP contribution is 2.34. The summed E-state index contributed by atoms with van der Waals surface area (Å²) in [5.74, 6) is 1.30. The summed E-state index contributed by atoms with van der Waals surface area (Å²) in [5, 5.41) is 7.86. The first-order valence-corrected chi connectivity index (χ1v) is 9.44. The Balaban J connectivity index is 1.56. The van der Waals surface area contributed by atoms with Crippen LogP contribution in [0, 0.1) is 6.92 Å². The number of anilines is 1. The molecular weight excluding hydrogens is 364 g/mol. The first-order chi connectivity index (χ1) is 12.9. The van der Waals surface area contributed by atoms with Gasteiger partial charge in [0.25, 0.3) is 5.91 Å². The van der Waals surface area contributed by atoms with Gasteiger partial charge in [-0.2, -0.15) is 5.10 Å². The number of carbonyl (C=O) groups is 1. The highest BCUT2D eigenvalue weighted by molar-refractivity contribution is 7.15. The zero-order valence-corrected chi connectivity index (χ0v) is 16.2. The van der Waals surface area contributed by atoms with Gasteiger partial charge in [0.1, 0.15) is 18.8 Å². The Morgan fingerprint density at radius 1 is 1.19 bits per heavy atom. The van der Waals surface area contributed by atoms with Gasteiger partial charge in [0.15, 0.2) is 16.6 Å². The molecule has 1 aliphatic heterocycles. The predicted octanol–water partition coefficient (Wildman–Crippen LogP) is 3.46. The van der Waals surface area contributed by atoms with Gasteiger partial charge in [0, 0.05) is 22.8 Å². The van der Waals surface area contributed by atoms with E-state index in [1.54, 1.807) is 17.1 Å². The second-order valence-electron chi connectivity index (χ2n) is 6.82. The number of amides is 1. The Bertz CT molecular complexity index is 993. The number of benzene rings is 1. The lowest BCUT2D eigenvalue weighted by Crippen LogP contribution is -2.40. The lowest BCUT2D eigenvalue weighted by molar-refractivity contribution is -0.123. The van der Waals surface area contributed by atoms with Crippen LogP contribution in [0.5, 0.6) is 11.5 Å². The lowest BCUT2D eigenvalue weighted by Gasteiger charge is -2.23. The van der Waals surface area contributed by atoms with Crippen molar-refractivity contribution in [3.05, 3.63) is 41.7 Å². The minimum atomic E-state index is -0.869. The molecule has 1 amide bonds. The van der Waals surface area contributed by atoms with Gasteiger partial charge in [0.05, 0.1) is 6.20 Å². The van der Waals surface area contributed by atoms with Crippen molar-refractivity contribution in [1.82, 2.24) is 14.8 Å². The molecule has 140 valence electrons. The van der Waals surface area contributed by atoms with E-state index in [4.69, 9.17) is 9.47 Å². The van der Waals surface area contributed by atoms with Gasteiger partial charge in [-0.1, -0.05) is 6.07 Å². The summed E-state index contributed by atoms with van der Waals surface area (Å²) in [6, 6.07) is 5.78. The fourth-order valence-corrected chi connectivity index (χ4v) is 3.43. The maximum absolute atomic E-state index is 12.7. The number of aryl methyl sites for hydroxylation is 1. The van der Waals surface area contributed by atoms with E-state index in [-0.39, 0.29) is 5.91 Å². The van der Waals surface area contributed by atoms with Crippen LogP contribution in [0.4, 0.5) is 5.13 Å². The van der Waals surface area contributed by atoms with E-state index in [0.717, 1.165) is 27.5 Å². The number of carbonyl (C=O) groups excluding carboxylic acids is 1. The molecule has 0 saturated carbocycles. The number of aromatic nitrogens is 3. The zero-order chi connectivity index (χ0) is 19.0. The number of rotatable bonds is 4. The smallest absolute Gasteiger partial charge is 0.253 e. The maximum Gasteiger partial charge on any atom is 0.253 e. The number of thiazole rings is 1. The Morgan fingerprint density at radius 2 is 1.96 bits per heavy atom. The molecule has 3 heterocycles. The van der Waals surface area contributed by atoms with E-state index in [1.165, 1.54) is 11.3 Å². The molecule has 0 fully saturated rings. The molecule has 8 heteroatoms. The van der Waals surface area contributed by atoms with Gasteiger partial charge in [-0.25, -0.2) is 4.98 Å². The molecular formula is C19H20N4O3S. The van der Waals surface area contributed by atoms with Crippen molar-refractivity contribution in [2.24, 2.45) is 0 Å². The Labute approximate surface area is 161 Å². The fourth-order valence-electron chi connectivity index (χ4n) is 2.77. The molecule has 4 rings (SSSR count). The summed E-state index contributed by atoms with van der Waals surface area (Å²) in [7, 11) is 0. The van der Waals surface area contributed by atoms with Crippen LogP contribution in [0.15, 0.2) is 36.8 Å². The van der Waals surface area contributed by atoms with Gasteiger partial charge >= 0.3 is 0 Å². The van der Waals surface area contributed by atoms with Crippen molar-refractivity contribution in [2.45, 2.75) is 26.3 Å². The first-order valence-electron chi connectivity index (χ1n) is 8.62. The summed E-state index contributed by atoms with van der Waals surface area (Å²) in [5.41, 5.74) is 0.987. The van der Waals surface area contributed by atoms with Crippen LogP contribution in [0.3, 0.4) is 0 Å². The number of hydrogen-bond acceptors (Lipinski definition) is 6. The molecule has 0 spiro atoms. The van der Waals surface area contributed by atoms with Gasteiger partial charge in [-0.05, 0) is 38.5 Å². The number of hydrogen-bond donors (Lipinski definition) is 1. The van der Waals surface area contributed by atoms with Crippen LogP contribution in [0.1, 0.15) is 18.7 Å². The molecule has 1 aromatic carbocycles. The van der Waals surface area contributed by atoms with Gasteiger partial charge in [0.2, 0.25) is 0 Å². The Morgan fingerprint density at radius 3 is 2.70 bits per heavy atom. The van der Waals surface area contributed by atoms with Crippen LogP contribution < -0.4 is 14.8 Å². The standard InChI is InChI=1S/C19H20N4O3S/c1-12-9-20-18(27-12)22-17(24)19(2,3)23-11-14(10-21-23)13-4-5-15-16(8-13)26-7-6-25-15/h4-5,8-11H,6-7H2,1-3H3,(H,20,22,24). The molecule has 0 unspecified atom stereocenters. The second kappa shape index (κ2) is 6.70. The van der Waals surface area contributed by atoms with E-state index in [9.17, 15) is 4.79 Å². The van der Waals surface area contributed by atoms with Gasteiger partial charge < -0.3 is 9.47 Å². The fraction of sp³-hybridized carbons (Fsp3) is 0.316. The molecule has 2 aromatic heterocycles. The van der Waals surface area contributed by atoms with E-state index >= 15 is 0 Å². The average molecular weight is 384 g/mol. The molecule has 0 atom stereocenters. The summed E-state index contributed by atoms with van der Waals surface area (Å²) >= 11 is 1.44. The molecule has 0 aliphatic carbocycles. The summed E-state index contributed by atoms with van der Waals surface area (Å²) in [4.78, 5) is 18.0. The minimum absolute atomic E-state index is 0.173. The Hall–Kier alpha value is -2.87. The van der Waals surface area contributed by atoms with E-state index in [0.29, 0.717) is 18.3 Å². The molecule has 1 N–H and O–H groups in total. The molecule has 1 aliphatic rings. The van der Waals surface area contributed by atoms with Crippen LogP contribution in [0.25, 0.3) is 11.1 Å². The summed E-state index contributed by atoms with van der Waals surface area (Å²) in [6.45, 7) is 6.70. The van der Waals surface area contributed by atoms with E-state index < -0.39 is 5.54 Å². The summed E-state index contributed by atoms with van der Waals surface area (Å²) in [6.07, 6.45) is 5.34. The molecule has 0 radical (unpaired) electrons. The van der Waals surface area contributed by atoms with Crippen molar-refractivity contribution < 1.29 is 14.3 Å². The maximum atomic E-state index is 12.7. The number of nitrogens with zero attached hydrogens (tertiary/aromatic N) is 3. The van der Waals surface area contributed by atoms with E-state index in [1.807, 2.05) is 45.2 Å². The normalized spacial score (nSPS) is 13.4. The minimum Gasteiger partial charge on any atom is -0.486 e. The summed E-state index contributed by atoms with van der Waals surface area (Å²) < 4.78 is 12.9. The van der Waals surface area contributed by atoms with Crippen molar-refractivity contribution in [2.75, 3.05) is 18.5 Å². The Kier molecular flexibility index (Phi) is 4.35. The van der Waals surface area contributed by atoms with E-state index in [2.05, 4.69) is 15.4 Å². The van der Waals surface area contributed by atoms with Crippen molar-refractivity contribution in [3.8, 4) is 22.6 Å². The molecule has 0 saturated heterocycles. The third-order valence-electron chi connectivity index (χ3n) is 4.43. The SMILES string of the molecule is Cc1cnc(NC(=O)C(C)(C)n2cc(-c3ccc4c(c3)OCCO4)cn2)s1. The monoisotopic (exact) mass is 384 g/mol. The van der Waals surface area contributed by atoms with Gasteiger partial charge in [-0.15, -0.1) is 11.3 Å². The van der Waals surface area contributed by atoms with Crippen LogP contribution in [-0.2, 0) is 10.3 Å². The molecule has 27 heavy (non-hydrogen) atoms. The molecule has 0 bridgehead atoms. The van der Waals surface area contributed by atoms with Gasteiger partial charge in [-0.3, -0.25) is 14.8 Å². The molecule has 3 aromatic rings. The highest BCUT2D eigenvalue weighted by Gasteiger charge is 2.31. The predicted molar refractivity (Wildman–Crippen MR) is 103 cm³/mol. The van der Waals surface area contributed by atoms with Crippen molar-refractivity contribution >= 4 is 22.4 Å². The topological polar surface area (TPSA) is 78.3 Å². The largest absolute Gasteiger partial charge is 0.486 e. The van der Waals surface area contributed by atoms with Crippen LogP contribution in [-0.4, -0.2) is 33.9 Å². The van der Waals surface area contributed by atoms with Crippen molar-refractivity contribution in [3.63, 3.8) is 0 Å². The van der Waals surface area contributed by atoms with Crippen LogP contribution in [0.2, 0.25) is 0 Å². The van der Waals surface area contributed by atoms with Crippen LogP contribution >= 0.6 is 11.3 Å². The number of nitrogens with one attached hydrogen (secondary N) is 1. The lowest BCUT2D eigenvalue weighted by atomic mass is 10.0. The first kappa shape index (κ1) is 17.5. The third-order valence-corrected chi connectivity index (χ3v) is 5.26.